The summed E-state index contributed by atoms with van der Waals surface area (Å²) in [6, 6.07) is 6.86. The van der Waals surface area contributed by atoms with Crippen LogP contribution in [0.15, 0.2) is 36.7 Å². The minimum absolute atomic E-state index is 0.0823. The minimum Gasteiger partial charge on any atom is -0.464 e. The summed E-state index contributed by atoms with van der Waals surface area (Å²) in [7, 11) is 1.27. The van der Waals surface area contributed by atoms with E-state index in [1.807, 2.05) is 0 Å². The molecule has 0 aliphatic carbocycles. The highest BCUT2D eigenvalue weighted by atomic mass is 16.5. The van der Waals surface area contributed by atoms with Crippen molar-refractivity contribution in [3.05, 3.63) is 42.4 Å². The molecule has 0 atom stereocenters. The summed E-state index contributed by atoms with van der Waals surface area (Å²) in [6.07, 6.45) is 2.70. The van der Waals surface area contributed by atoms with Crippen LogP contribution in [-0.2, 0) is 4.74 Å². The normalized spacial score (nSPS) is 9.83. The maximum atomic E-state index is 11.3. The molecule has 0 fully saturated rings. The Bertz CT molecular complexity index is 572. The molecule has 18 heavy (non-hydrogen) atoms. The number of ether oxygens (including phenoxy) is 2. The molecule has 92 valence electrons. The molecular formula is C12H11N3O3. The summed E-state index contributed by atoms with van der Waals surface area (Å²) in [5.41, 5.74) is 6.28. The van der Waals surface area contributed by atoms with Crippen LogP contribution in [0.3, 0.4) is 0 Å². The van der Waals surface area contributed by atoms with Gasteiger partial charge >= 0.3 is 5.97 Å². The second-order valence-corrected chi connectivity index (χ2v) is 3.41. The fraction of sp³-hybridized carbons (Fsp3) is 0.0833. The fourth-order valence-electron chi connectivity index (χ4n) is 1.30. The molecule has 1 aromatic heterocycles. The van der Waals surface area contributed by atoms with Gasteiger partial charge in [0.15, 0.2) is 5.69 Å². The van der Waals surface area contributed by atoms with Crippen molar-refractivity contribution >= 4 is 11.7 Å². The Kier molecular flexibility index (Phi) is 3.38. The zero-order valence-corrected chi connectivity index (χ0v) is 9.66. The monoisotopic (exact) mass is 245 g/mol. The summed E-state index contributed by atoms with van der Waals surface area (Å²) in [6.45, 7) is 0. The topological polar surface area (TPSA) is 87.3 Å². The van der Waals surface area contributed by atoms with Gasteiger partial charge in [-0.25, -0.2) is 9.78 Å². The Hall–Kier alpha value is -2.63. The van der Waals surface area contributed by atoms with Gasteiger partial charge in [-0.15, -0.1) is 0 Å². The van der Waals surface area contributed by atoms with Gasteiger partial charge in [-0.2, -0.15) is 0 Å². The molecule has 0 unspecified atom stereocenters. The van der Waals surface area contributed by atoms with Gasteiger partial charge in [0.2, 0.25) is 5.88 Å². The van der Waals surface area contributed by atoms with Crippen LogP contribution in [0.1, 0.15) is 10.5 Å². The number of carbonyl (C=O) groups excluding carboxylic acids is 1. The lowest BCUT2D eigenvalue weighted by Gasteiger charge is -2.05. The van der Waals surface area contributed by atoms with E-state index in [1.165, 1.54) is 19.5 Å². The van der Waals surface area contributed by atoms with E-state index in [-0.39, 0.29) is 11.6 Å². The highest BCUT2D eigenvalue weighted by Gasteiger charge is 2.09. The van der Waals surface area contributed by atoms with E-state index in [9.17, 15) is 4.79 Å². The highest BCUT2D eigenvalue weighted by Crippen LogP contribution is 2.20. The van der Waals surface area contributed by atoms with Crippen LogP contribution in [0.4, 0.5) is 5.69 Å². The molecule has 2 aromatic rings. The lowest BCUT2D eigenvalue weighted by Crippen LogP contribution is -2.05. The molecule has 0 aliphatic heterocycles. The number of nitrogens with two attached hydrogens (primary N) is 1. The molecular weight excluding hydrogens is 234 g/mol. The van der Waals surface area contributed by atoms with Crippen molar-refractivity contribution in [1.29, 1.82) is 0 Å². The van der Waals surface area contributed by atoms with Crippen molar-refractivity contribution in [2.45, 2.75) is 0 Å². The van der Waals surface area contributed by atoms with Crippen LogP contribution >= 0.6 is 0 Å². The number of aromatic nitrogens is 2. The summed E-state index contributed by atoms with van der Waals surface area (Å²) >= 11 is 0. The predicted octanol–water partition coefficient (Wildman–Crippen LogP) is 1.64. The molecule has 0 saturated heterocycles. The summed E-state index contributed by atoms with van der Waals surface area (Å²) < 4.78 is 9.98. The van der Waals surface area contributed by atoms with Gasteiger partial charge in [-0.1, -0.05) is 6.07 Å². The van der Waals surface area contributed by atoms with Crippen LogP contribution < -0.4 is 10.5 Å². The van der Waals surface area contributed by atoms with E-state index in [1.54, 1.807) is 24.3 Å². The average molecular weight is 245 g/mol. The summed E-state index contributed by atoms with van der Waals surface area (Å²) in [5, 5.41) is 0. The third kappa shape index (κ3) is 2.73. The lowest BCUT2D eigenvalue weighted by molar-refractivity contribution is 0.0592. The smallest absolute Gasteiger partial charge is 0.358 e. The van der Waals surface area contributed by atoms with Gasteiger partial charge in [-0.05, 0) is 12.1 Å². The van der Waals surface area contributed by atoms with E-state index < -0.39 is 5.97 Å². The zero-order valence-electron chi connectivity index (χ0n) is 9.66. The van der Waals surface area contributed by atoms with Gasteiger partial charge in [0, 0.05) is 11.8 Å². The van der Waals surface area contributed by atoms with E-state index >= 15 is 0 Å². The van der Waals surface area contributed by atoms with Crippen molar-refractivity contribution in [3.63, 3.8) is 0 Å². The van der Waals surface area contributed by atoms with Gasteiger partial charge in [0.25, 0.3) is 0 Å². The molecule has 6 heteroatoms. The van der Waals surface area contributed by atoms with Crippen molar-refractivity contribution in [2.75, 3.05) is 12.8 Å². The van der Waals surface area contributed by atoms with Crippen molar-refractivity contribution < 1.29 is 14.3 Å². The molecule has 0 amide bonds. The molecule has 1 aromatic carbocycles. The lowest BCUT2D eigenvalue weighted by atomic mass is 10.3. The van der Waals surface area contributed by atoms with E-state index in [0.717, 1.165) is 0 Å². The second kappa shape index (κ2) is 5.13. The Morgan fingerprint density at radius 1 is 1.33 bits per heavy atom. The number of rotatable bonds is 3. The Morgan fingerprint density at radius 3 is 2.89 bits per heavy atom. The van der Waals surface area contributed by atoms with E-state index in [4.69, 9.17) is 10.5 Å². The molecule has 0 radical (unpaired) electrons. The second-order valence-electron chi connectivity index (χ2n) is 3.41. The number of benzene rings is 1. The number of carbonyl (C=O) groups is 1. The number of hydrogen-bond donors (Lipinski definition) is 1. The molecule has 0 aliphatic rings. The first-order valence-corrected chi connectivity index (χ1v) is 5.13. The Balaban J connectivity index is 2.22. The molecule has 2 N–H and O–H groups in total. The summed E-state index contributed by atoms with van der Waals surface area (Å²) in [4.78, 5) is 19.1. The minimum atomic E-state index is -0.569. The van der Waals surface area contributed by atoms with Crippen LogP contribution in [-0.4, -0.2) is 23.0 Å². The van der Waals surface area contributed by atoms with Gasteiger partial charge in [0.1, 0.15) is 5.75 Å². The molecule has 2 rings (SSSR count). The molecule has 0 spiro atoms. The quantitative estimate of drug-likeness (QED) is 0.653. The molecule has 0 saturated carbocycles. The molecule has 6 nitrogen and oxygen atoms in total. The van der Waals surface area contributed by atoms with Crippen LogP contribution in [0, 0.1) is 0 Å². The predicted molar refractivity (Wildman–Crippen MR) is 64.3 cm³/mol. The molecule has 0 bridgehead atoms. The first-order valence-electron chi connectivity index (χ1n) is 5.13. The molecule has 1 heterocycles. The zero-order chi connectivity index (χ0) is 13.0. The van der Waals surface area contributed by atoms with E-state index in [2.05, 4.69) is 14.7 Å². The first-order chi connectivity index (χ1) is 8.69. The van der Waals surface area contributed by atoms with Crippen molar-refractivity contribution in [1.82, 2.24) is 9.97 Å². The van der Waals surface area contributed by atoms with Crippen LogP contribution in [0.25, 0.3) is 0 Å². The summed E-state index contributed by atoms with van der Waals surface area (Å²) in [5.74, 6) is 0.148. The van der Waals surface area contributed by atoms with Gasteiger partial charge in [-0.3, -0.25) is 4.98 Å². The third-order valence-corrected chi connectivity index (χ3v) is 2.09. The number of methoxy groups -OCH3 is 1. The van der Waals surface area contributed by atoms with Crippen molar-refractivity contribution in [2.24, 2.45) is 0 Å². The van der Waals surface area contributed by atoms with Gasteiger partial charge in [0.05, 0.1) is 19.5 Å². The maximum Gasteiger partial charge on any atom is 0.358 e. The van der Waals surface area contributed by atoms with Crippen LogP contribution in [0.2, 0.25) is 0 Å². The Labute approximate surface area is 103 Å². The number of nitrogen functional groups attached to an aromatic ring is 1. The SMILES string of the molecule is COC(=O)c1cncc(Oc2cccc(N)c2)n1. The number of hydrogen-bond acceptors (Lipinski definition) is 6. The number of anilines is 1. The first kappa shape index (κ1) is 11.8. The average Bonchev–Trinajstić information content (AvgIpc) is 2.38. The third-order valence-electron chi connectivity index (χ3n) is 2.09. The maximum absolute atomic E-state index is 11.3. The fourth-order valence-corrected chi connectivity index (χ4v) is 1.30. The number of nitrogens with zero attached hydrogens (tertiary/aromatic N) is 2. The Morgan fingerprint density at radius 2 is 2.17 bits per heavy atom. The standard InChI is InChI=1S/C12H11N3O3/c1-17-12(16)10-6-14-7-11(15-10)18-9-4-2-3-8(13)5-9/h2-7H,13H2,1H3. The number of esters is 1. The largest absolute Gasteiger partial charge is 0.464 e. The van der Waals surface area contributed by atoms with Gasteiger partial charge < -0.3 is 15.2 Å². The van der Waals surface area contributed by atoms with E-state index in [0.29, 0.717) is 11.4 Å². The van der Waals surface area contributed by atoms with Crippen LogP contribution in [0.5, 0.6) is 11.6 Å². The van der Waals surface area contributed by atoms with Crippen molar-refractivity contribution in [3.8, 4) is 11.6 Å². The highest BCUT2D eigenvalue weighted by molar-refractivity contribution is 5.86.